The summed E-state index contributed by atoms with van der Waals surface area (Å²) in [5.41, 5.74) is 0.981. The number of carbonyl (C=O) groups is 2. The molecule has 0 unspecified atom stereocenters. The number of amides is 2. The second kappa shape index (κ2) is 6.11. The maximum Gasteiger partial charge on any atom is 0.239 e. The lowest BCUT2D eigenvalue weighted by Crippen LogP contribution is -2.37. The molecule has 0 atom stereocenters. The Morgan fingerprint density at radius 2 is 2.11 bits per heavy atom. The van der Waals surface area contributed by atoms with Gasteiger partial charge in [-0.05, 0) is 17.7 Å². The highest BCUT2D eigenvalue weighted by Gasteiger charge is 2.22. The van der Waals surface area contributed by atoms with Gasteiger partial charge in [-0.2, -0.15) is 0 Å². The van der Waals surface area contributed by atoms with E-state index in [1.807, 2.05) is 12.1 Å². The quantitative estimate of drug-likeness (QED) is 0.911. The molecule has 6 heteroatoms. The molecule has 0 aromatic heterocycles. The Hall–Kier alpha value is -1.20. The minimum atomic E-state index is -0.138. The van der Waals surface area contributed by atoms with E-state index in [4.69, 9.17) is 11.6 Å². The second-order valence-electron chi connectivity index (χ2n) is 3.97. The fourth-order valence-electron chi connectivity index (χ4n) is 1.57. The van der Waals surface area contributed by atoms with E-state index in [1.54, 1.807) is 17.0 Å². The molecule has 1 aromatic rings. The lowest BCUT2D eigenvalue weighted by atomic mass is 10.2. The van der Waals surface area contributed by atoms with Gasteiger partial charge in [0.15, 0.2) is 0 Å². The molecule has 0 saturated carbocycles. The van der Waals surface area contributed by atoms with Crippen molar-refractivity contribution < 1.29 is 9.59 Å². The molecule has 1 N–H and O–H groups in total. The van der Waals surface area contributed by atoms with Crippen molar-refractivity contribution in [1.29, 1.82) is 0 Å². The van der Waals surface area contributed by atoms with Crippen molar-refractivity contribution in [2.75, 3.05) is 18.2 Å². The van der Waals surface area contributed by atoms with E-state index in [9.17, 15) is 9.59 Å². The molecule has 2 amide bonds. The molecule has 1 heterocycles. The monoisotopic (exact) mass is 284 g/mol. The van der Waals surface area contributed by atoms with Crippen molar-refractivity contribution in [2.24, 2.45) is 0 Å². The van der Waals surface area contributed by atoms with E-state index < -0.39 is 0 Å². The van der Waals surface area contributed by atoms with Crippen molar-refractivity contribution in [3.63, 3.8) is 0 Å². The first-order valence-electron chi connectivity index (χ1n) is 5.52. The fraction of sp³-hybridized carbons (Fsp3) is 0.333. The number of hydrogen-bond acceptors (Lipinski definition) is 3. The normalized spacial score (nSPS) is 14.9. The molecule has 1 aliphatic rings. The number of carbonyl (C=O) groups excluding carboxylic acids is 2. The maximum atomic E-state index is 11.6. The van der Waals surface area contributed by atoms with Crippen LogP contribution in [0.5, 0.6) is 0 Å². The van der Waals surface area contributed by atoms with E-state index in [0.717, 1.165) is 5.56 Å². The van der Waals surface area contributed by atoms with Gasteiger partial charge in [0, 0.05) is 11.6 Å². The summed E-state index contributed by atoms with van der Waals surface area (Å²) in [6.45, 7) is 0.588. The number of halogens is 1. The standard InChI is InChI=1S/C12H13ClN2O2S/c13-10-3-1-9(2-4-10)5-14-11(16)6-15-8-18-7-12(15)17/h1-4H,5-8H2,(H,14,16). The summed E-state index contributed by atoms with van der Waals surface area (Å²) in [7, 11) is 0. The summed E-state index contributed by atoms with van der Waals surface area (Å²) in [6, 6.07) is 7.28. The van der Waals surface area contributed by atoms with E-state index in [0.29, 0.717) is 23.2 Å². The molecule has 0 bridgehead atoms. The van der Waals surface area contributed by atoms with Crippen molar-refractivity contribution >= 4 is 35.2 Å². The molecule has 18 heavy (non-hydrogen) atoms. The van der Waals surface area contributed by atoms with Crippen molar-refractivity contribution in [3.8, 4) is 0 Å². The van der Waals surface area contributed by atoms with E-state index in [2.05, 4.69) is 5.32 Å². The summed E-state index contributed by atoms with van der Waals surface area (Å²) in [6.07, 6.45) is 0. The lowest BCUT2D eigenvalue weighted by Gasteiger charge is -2.14. The van der Waals surface area contributed by atoms with Gasteiger partial charge in [-0.1, -0.05) is 23.7 Å². The van der Waals surface area contributed by atoms with E-state index in [1.165, 1.54) is 11.8 Å². The third-order valence-electron chi connectivity index (χ3n) is 2.56. The van der Waals surface area contributed by atoms with Gasteiger partial charge in [0.25, 0.3) is 0 Å². The predicted molar refractivity (Wildman–Crippen MR) is 72.3 cm³/mol. The molecule has 1 fully saturated rings. The smallest absolute Gasteiger partial charge is 0.239 e. The Balaban J connectivity index is 1.78. The highest BCUT2D eigenvalue weighted by molar-refractivity contribution is 8.00. The number of hydrogen-bond donors (Lipinski definition) is 1. The average Bonchev–Trinajstić information content (AvgIpc) is 2.74. The molecular weight excluding hydrogens is 272 g/mol. The number of rotatable bonds is 4. The summed E-state index contributed by atoms with van der Waals surface area (Å²) in [5, 5.41) is 3.45. The molecule has 4 nitrogen and oxygen atoms in total. The van der Waals surface area contributed by atoms with Gasteiger partial charge in [0.05, 0.1) is 11.6 Å². The Kier molecular flexibility index (Phi) is 4.49. The topological polar surface area (TPSA) is 49.4 Å². The van der Waals surface area contributed by atoms with Gasteiger partial charge in [-0.3, -0.25) is 9.59 Å². The zero-order valence-electron chi connectivity index (χ0n) is 9.69. The van der Waals surface area contributed by atoms with Crippen molar-refractivity contribution in [3.05, 3.63) is 34.9 Å². The van der Waals surface area contributed by atoms with Crippen LogP contribution >= 0.6 is 23.4 Å². The van der Waals surface area contributed by atoms with E-state index in [-0.39, 0.29) is 18.4 Å². The molecule has 2 rings (SSSR count). The first-order chi connectivity index (χ1) is 8.65. The van der Waals surface area contributed by atoms with Crippen LogP contribution in [0.4, 0.5) is 0 Å². The Morgan fingerprint density at radius 3 is 2.72 bits per heavy atom. The molecule has 0 spiro atoms. The third kappa shape index (κ3) is 3.65. The Labute approximate surface area is 115 Å². The Morgan fingerprint density at radius 1 is 1.39 bits per heavy atom. The van der Waals surface area contributed by atoms with Gasteiger partial charge in [0.1, 0.15) is 6.54 Å². The van der Waals surface area contributed by atoms with Gasteiger partial charge in [0.2, 0.25) is 11.8 Å². The average molecular weight is 285 g/mol. The number of nitrogens with zero attached hydrogens (tertiary/aromatic N) is 1. The highest BCUT2D eigenvalue weighted by Crippen LogP contribution is 2.14. The molecule has 1 aliphatic heterocycles. The van der Waals surface area contributed by atoms with Gasteiger partial charge < -0.3 is 10.2 Å². The van der Waals surface area contributed by atoms with Crippen LogP contribution in [0.3, 0.4) is 0 Å². The zero-order valence-corrected chi connectivity index (χ0v) is 11.3. The molecule has 96 valence electrons. The summed E-state index contributed by atoms with van der Waals surface area (Å²) >= 11 is 7.30. The second-order valence-corrected chi connectivity index (χ2v) is 5.36. The zero-order chi connectivity index (χ0) is 13.0. The molecule has 1 aromatic carbocycles. The first kappa shape index (κ1) is 13.2. The molecule has 0 radical (unpaired) electrons. The first-order valence-corrected chi connectivity index (χ1v) is 7.05. The highest BCUT2D eigenvalue weighted by atomic mass is 35.5. The van der Waals surface area contributed by atoms with Crippen LogP contribution in [0.15, 0.2) is 24.3 Å². The van der Waals surface area contributed by atoms with Gasteiger partial charge >= 0.3 is 0 Å². The number of thioether (sulfide) groups is 1. The maximum absolute atomic E-state index is 11.6. The minimum Gasteiger partial charge on any atom is -0.350 e. The van der Waals surface area contributed by atoms with Crippen LogP contribution in [0.25, 0.3) is 0 Å². The minimum absolute atomic E-state index is 0.0293. The fourth-order valence-corrected chi connectivity index (χ4v) is 2.60. The summed E-state index contributed by atoms with van der Waals surface area (Å²) in [5.74, 6) is 0.972. The molecular formula is C12H13ClN2O2S. The van der Waals surface area contributed by atoms with Crippen LogP contribution in [-0.4, -0.2) is 34.9 Å². The molecule has 1 saturated heterocycles. The van der Waals surface area contributed by atoms with Gasteiger partial charge in [-0.25, -0.2) is 0 Å². The lowest BCUT2D eigenvalue weighted by molar-refractivity contribution is -0.132. The predicted octanol–water partition coefficient (Wildman–Crippen LogP) is 1.49. The van der Waals surface area contributed by atoms with Crippen molar-refractivity contribution in [1.82, 2.24) is 10.2 Å². The third-order valence-corrected chi connectivity index (χ3v) is 3.76. The van der Waals surface area contributed by atoms with Crippen LogP contribution in [0, 0.1) is 0 Å². The van der Waals surface area contributed by atoms with Gasteiger partial charge in [-0.15, -0.1) is 11.8 Å². The summed E-state index contributed by atoms with van der Waals surface area (Å²) < 4.78 is 0. The van der Waals surface area contributed by atoms with Crippen LogP contribution < -0.4 is 5.32 Å². The Bertz CT molecular complexity index is 450. The van der Waals surface area contributed by atoms with E-state index >= 15 is 0 Å². The van der Waals surface area contributed by atoms with Crippen LogP contribution in [0.1, 0.15) is 5.56 Å². The SMILES string of the molecule is O=C(CN1CSCC1=O)NCc1ccc(Cl)cc1. The molecule has 0 aliphatic carbocycles. The van der Waals surface area contributed by atoms with Crippen LogP contribution in [-0.2, 0) is 16.1 Å². The van der Waals surface area contributed by atoms with Crippen LogP contribution in [0.2, 0.25) is 5.02 Å². The largest absolute Gasteiger partial charge is 0.350 e. The number of nitrogens with one attached hydrogen (secondary N) is 1. The van der Waals surface area contributed by atoms with Crippen molar-refractivity contribution in [2.45, 2.75) is 6.54 Å². The number of benzene rings is 1. The summed E-state index contributed by atoms with van der Waals surface area (Å²) in [4.78, 5) is 24.5.